The monoisotopic (exact) mass is 324 g/mol. The quantitative estimate of drug-likeness (QED) is 0.340. The third kappa shape index (κ3) is 9.68. The Kier molecular flexibility index (Phi) is 9.61. The molecule has 0 aliphatic rings. The van der Waals surface area contributed by atoms with Gasteiger partial charge in [0.1, 0.15) is 5.40 Å². The highest BCUT2D eigenvalue weighted by atomic mass is 31.2. The third-order valence-electron chi connectivity index (χ3n) is 2.96. The van der Waals surface area contributed by atoms with Gasteiger partial charge in [0, 0.05) is 0 Å². The van der Waals surface area contributed by atoms with Crippen LogP contribution in [0.25, 0.3) is 0 Å². The van der Waals surface area contributed by atoms with Crippen molar-refractivity contribution in [1.82, 2.24) is 0 Å². The number of hydrogen-bond acceptors (Lipinski definition) is 2. The Morgan fingerprint density at radius 2 is 1.80 bits per heavy atom. The van der Waals surface area contributed by atoms with Gasteiger partial charge in [-0.2, -0.15) is 0 Å². The first kappa shape index (κ1) is 19.8. The molecule has 0 aromatic carbocycles. The molecule has 0 amide bonds. The van der Waals surface area contributed by atoms with Crippen LogP contribution >= 0.6 is 15.6 Å². The van der Waals surface area contributed by atoms with Crippen molar-refractivity contribution in [3.05, 3.63) is 23.3 Å². The first-order valence-electron chi connectivity index (χ1n) is 6.71. The molecular formula is C13H26O5P2. The molecule has 2 atom stereocenters. The van der Waals surface area contributed by atoms with E-state index in [0.29, 0.717) is 12.8 Å². The van der Waals surface area contributed by atoms with E-state index in [4.69, 9.17) is 14.7 Å². The van der Waals surface area contributed by atoms with Crippen molar-refractivity contribution in [3.63, 3.8) is 0 Å². The summed E-state index contributed by atoms with van der Waals surface area (Å²) in [7, 11) is -7.67. The largest absolute Gasteiger partial charge is 0.346 e. The standard InChI is InChI=1S/C13H26O5P2/c1-11(2)7-6-9-12(3)8-4-5-10-13(19(14)15)20(16,17)18/h7-8,13,19H,4-6,9-10H2,1-3H3,(H,14,15)(H2,16,17,18)/b12-8+. The van der Waals surface area contributed by atoms with Crippen molar-refractivity contribution >= 4 is 15.6 Å². The van der Waals surface area contributed by atoms with E-state index in [2.05, 4.69) is 19.9 Å². The van der Waals surface area contributed by atoms with Crippen LogP contribution in [-0.4, -0.2) is 20.1 Å². The molecule has 0 aliphatic carbocycles. The molecule has 7 heteroatoms. The van der Waals surface area contributed by atoms with Gasteiger partial charge in [-0.15, -0.1) is 0 Å². The van der Waals surface area contributed by atoms with E-state index < -0.39 is 21.0 Å². The van der Waals surface area contributed by atoms with Gasteiger partial charge in [0.05, 0.1) is 0 Å². The van der Waals surface area contributed by atoms with Crippen LogP contribution in [0, 0.1) is 0 Å². The van der Waals surface area contributed by atoms with Crippen LogP contribution in [0.5, 0.6) is 0 Å². The van der Waals surface area contributed by atoms with Gasteiger partial charge < -0.3 is 14.7 Å². The Hall–Kier alpha value is -0.180. The van der Waals surface area contributed by atoms with Crippen molar-refractivity contribution in [2.24, 2.45) is 0 Å². The minimum atomic E-state index is -4.47. The SMILES string of the molecule is CC(C)=CCC/C(C)=C/CCCC([PH](=O)O)P(=O)(O)O. The molecule has 2 unspecified atom stereocenters. The molecule has 0 rings (SSSR count). The van der Waals surface area contributed by atoms with Crippen molar-refractivity contribution < 1.29 is 23.8 Å². The molecule has 0 fully saturated rings. The first-order valence-corrected chi connectivity index (χ1v) is 9.83. The van der Waals surface area contributed by atoms with Crippen LogP contribution in [0.1, 0.15) is 52.9 Å². The minimum Gasteiger partial charge on any atom is -0.346 e. The highest BCUT2D eigenvalue weighted by Gasteiger charge is 2.32. The van der Waals surface area contributed by atoms with Gasteiger partial charge in [0.15, 0.2) is 0 Å². The zero-order chi connectivity index (χ0) is 15.8. The molecule has 0 bridgehead atoms. The Bertz CT molecular complexity index is 418. The predicted octanol–water partition coefficient (Wildman–Crippen LogP) is 3.82. The molecule has 118 valence electrons. The predicted molar refractivity (Wildman–Crippen MR) is 83.3 cm³/mol. The maximum absolute atomic E-state index is 11.0. The van der Waals surface area contributed by atoms with Gasteiger partial charge in [0.2, 0.25) is 8.03 Å². The molecule has 0 heterocycles. The fraction of sp³-hybridized carbons (Fsp3) is 0.692. The van der Waals surface area contributed by atoms with Gasteiger partial charge in [-0.1, -0.05) is 23.3 Å². The van der Waals surface area contributed by atoms with Crippen LogP contribution < -0.4 is 0 Å². The van der Waals surface area contributed by atoms with Crippen LogP contribution in [0.4, 0.5) is 0 Å². The second kappa shape index (κ2) is 9.70. The smallest absolute Gasteiger partial charge is 0.337 e. The van der Waals surface area contributed by atoms with Crippen molar-refractivity contribution in [2.75, 3.05) is 0 Å². The summed E-state index contributed by atoms with van der Waals surface area (Å²) < 4.78 is 22.0. The lowest BCUT2D eigenvalue weighted by atomic mass is 10.1. The molecule has 0 aromatic rings. The summed E-state index contributed by atoms with van der Waals surface area (Å²) in [6.07, 6.45) is 7.41. The lowest BCUT2D eigenvalue weighted by molar-refractivity contribution is 0.362. The summed E-state index contributed by atoms with van der Waals surface area (Å²) in [6.45, 7) is 6.13. The van der Waals surface area contributed by atoms with E-state index in [9.17, 15) is 9.13 Å². The Morgan fingerprint density at radius 3 is 2.25 bits per heavy atom. The Labute approximate surface area is 121 Å². The maximum Gasteiger partial charge on any atom is 0.337 e. The van der Waals surface area contributed by atoms with Crippen LogP contribution in [0.3, 0.4) is 0 Å². The molecule has 0 radical (unpaired) electrons. The van der Waals surface area contributed by atoms with Crippen molar-refractivity contribution in [1.29, 1.82) is 0 Å². The van der Waals surface area contributed by atoms with Crippen LogP contribution in [-0.2, 0) is 9.13 Å². The van der Waals surface area contributed by atoms with Crippen molar-refractivity contribution in [3.8, 4) is 0 Å². The molecule has 0 saturated carbocycles. The van der Waals surface area contributed by atoms with Gasteiger partial charge in [-0.3, -0.25) is 9.13 Å². The normalized spacial score (nSPS) is 15.8. The minimum absolute atomic E-state index is 0.0797. The van der Waals surface area contributed by atoms with E-state index >= 15 is 0 Å². The number of allylic oxidation sites excluding steroid dienone is 4. The molecule has 0 aliphatic heterocycles. The highest BCUT2D eigenvalue weighted by molar-refractivity contribution is 7.65. The zero-order valence-electron chi connectivity index (χ0n) is 12.4. The average Bonchev–Trinajstić information content (AvgIpc) is 2.25. The zero-order valence-corrected chi connectivity index (χ0v) is 14.3. The average molecular weight is 324 g/mol. The van der Waals surface area contributed by atoms with Crippen LogP contribution in [0.15, 0.2) is 23.3 Å². The molecule has 5 nitrogen and oxygen atoms in total. The Morgan fingerprint density at radius 1 is 1.20 bits per heavy atom. The molecule has 20 heavy (non-hydrogen) atoms. The molecule has 0 aromatic heterocycles. The van der Waals surface area contributed by atoms with Gasteiger partial charge in [-0.25, -0.2) is 0 Å². The summed E-state index contributed by atoms with van der Waals surface area (Å²) >= 11 is 0. The lowest BCUT2D eigenvalue weighted by Crippen LogP contribution is -2.03. The van der Waals surface area contributed by atoms with Gasteiger partial charge >= 0.3 is 7.60 Å². The molecule has 0 saturated heterocycles. The second-order valence-electron chi connectivity index (χ2n) is 5.24. The number of hydrogen-bond donors (Lipinski definition) is 3. The fourth-order valence-electron chi connectivity index (χ4n) is 1.79. The highest BCUT2D eigenvalue weighted by Crippen LogP contribution is 2.53. The van der Waals surface area contributed by atoms with E-state index in [1.165, 1.54) is 11.1 Å². The number of rotatable bonds is 9. The van der Waals surface area contributed by atoms with E-state index in [1.54, 1.807) is 0 Å². The molecular weight excluding hydrogens is 298 g/mol. The van der Waals surface area contributed by atoms with Crippen LogP contribution in [0.2, 0.25) is 0 Å². The Balaban J connectivity index is 4.14. The van der Waals surface area contributed by atoms with Gasteiger partial charge in [-0.05, 0) is 52.9 Å². The number of unbranched alkanes of at least 4 members (excludes halogenated alkanes) is 1. The summed E-state index contributed by atoms with van der Waals surface area (Å²) in [5.41, 5.74) is 2.52. The lowest BCUT2D eigenvalue weighted by Gasteiger charge is -2.14. The third-order valence-corrected chi connectivity index (χ3v) is 6.56. The summed E-state index contributed by atoms with van der Waals surface area (Å²) in [5.74, 6) is 0. The van der Waals surface area contributed by atoms with E-state index in [1.807, 2.05) is 13.0 Å². The summed E-state index contributed by atoms with van der Waals surface area (Å²) in [4.78, 5) is 26.9. The van der Waals surface area contributed by atoms with Crippen molar-refractivity contribution in [2.45, 2.75) is 58.3 Å². The van der Waals surface area contributed by atoms with E-state index in [0.717, 1.165) is 12.8 Å². The summed E-state index contributed by atoms with van der Waals surface area (Å²) in [6, 6.07) is 0. The summed E-state index contributed by atoms with van der Waals surface area (Å²) in [5, 5.41) is -1.40. The van der Waals surface area contributed by atoms with Gasteiger partial charge in [0.25, 0.3) is 0 Å². The second-order valence-corrected chi connectivity index (χ2v) is 8.91. The fourth-order valence-corrected chi connectivity index (χ4v) is 3.91. The first-order chi connectivity index (χ1) is 9.14. The topological polar surface area (TPSA) is 94.8 Å². The molecule has 0 spiro atoms. The maximum atomic E-state index is 11.0. The van der Waals surface area contributed by atoms with E-state index in [-0.39, 0.29) is 6.42 Å². The molecule has 3 N–H and O–H groups in total.